The van der Waals surface area contributed by atoms with Gasteiger partial charge >= 0.3 is 0 Å². The summed E-state index contributed by atoms with van der Waals surface area (Å²) in [6.45, 7) is 0. The molecule has 2 heterocycles. The van der Waals surface area contributed by atoms with Crippen LogP contribution in [0, 0.1) is 11.3 Å². The fourth-order valence-corrected chi connectivity index (χ4v) is 2.17. The first-order valence-corrected chi connectivity index (χ1v) is 7.31. The Balaban J connectivity index is 2.05. The number of anilines is 2. The Kier molecular flexibility index (Phi) is 3.62. The lowest BCUT2D eigenvalue weighted by molar-refractivity contribution is 0.993. The van der Waals surface area contributed by atoms with Gasteiger partial charge in [-0.2, -0.15) is 5.26 Å². The third kappa shape index (κ3) is 2.75. The predicted octanol–water partition coefficient (Wildman–Crippen LogP) is 2.76. The molecule has 0 bridgehead atoms. The topological polar surface area (TPSA) is 87.4 Å². The molecule has 7 heteroatoms. The number of hydrogen-bond donors (Lipinski definition) is 1. The maximum atomic E-state index is 8.94. The molecule has 0 saturated carbocycles. The lowest BCUT2D eigenvalue weighted by Crippen LogP contribution is -1.99. The van der Waals surface area contributed by atoms with Gasteiger partial charge in [0.25, 0.3) is 0 Å². The van der Waals surface area contributed by atoms with Crippen LogP contribution in [-0.2, 0) is 0 Å². The standard InChI is InChI=1S/C14H10N6S/c1-21-14-16-7-11-12(20-14)13(18-8-17-11)19-10-4-2-3-9(5-10)6-15/h2-5,7-8H,1H3,(H,17,18,19). The van der Waals surface area contributed by atoms with E-state index in [4.69, 9.17) is 5.26 Å². The molecular weight excluding hydrogens is 284 g/mol. The Morgan fingerprint density at radius 1 is 1.24 bits per heavy atom. The number of benzene rings is 1. The van der Waals surface area contributed by atoms with E-state index in [9.17, 15) is 0 Å². The fraction of sp³-hybridized carbons (Fsp3) is 0.0714. The summed E-state index contributed by atoms with van der Waals surface area (Å²) < 4.78 is 0. The minimum absolute atomic E-state index is 0.581. The number of nitriles is 1. The van der Waals surface area contributed by atoms with Crippen molar-refractivity contribution in [3.8, 4) is 6.07 Å². The summed E-state index contributed by atoms with van der Waals surface area (Å²) in [6.07, 6.45) is 5.04. The molecule has 3 rings (SSSR count). The first-order valence-electron chi connectivity index (χ1n) is 6.09. The molecule has 6 nitrogen and oxygen atoms in total. The van der Waals surface area contributed by atoms with Crippen LogP contribution in [0.4, 0.5) is 11.5 Å². The minimum atomic E-state index is 0.581. The van der Waals surface area contributed by atoms with E-state index in [2.05, 4.69) is 31.3 Å². The van der Waals surface area contributed by atoms with Gasteiger partial charge in [-0.15, -0.1) is 0 Å². The smallest absolute Gasteiger partial charge is 0.188 e. The predicted molar refractivity (Wildman–Crippen MR) is 81.3 cm³/mol. The molecule has 1 aromatic carbocycles. The summed E-state index contributed by atoms with van der Waals surface area (Å²) in [5.74, 6) is 0.591. The molecule has 0 fully saturated rings. The van der Waals surface area contributed by atoms with Crippen LogP contribution in [0.3, 0.4) is 0 Å². The summed E-state index contributed by atoms with van der Waals surface area (Å²) in [4.78, 5) is 17.0. The van der Waals surface area contributed by atoms with Crippen LogP contribution in [0.15, 0.2) is 41.9 Å². The summed E-state index contributed by atoms with van der Waals surface area (Å²) in [6, 6.07) is 9.29. The number of nitrogens with zero attached hydrogens (tertiary/aromatic N) is 5. The van der Waals surface area contributed by atoms with Crippen LogP contribution in [0.5, 0.6) is 0 Å². The van der Waals surface area contributed by atoms with Gasteiger partial charge in [0.2, 0.25) is 0 Å². The number of aromatic nitrogens is 4. The van der Waals surface area contributed by atoms with E-state index in [1.807, 2.05) is 18.4 Å². The van der Waals surface area contributed by atoms with Crippen molar-refractivity contribution in [3.05, 3.63) is 42.4 Å². The monoisotopic (exact) mass is 294 g/mol. The number of fused-ring (bicyclic) bond motifs is 1. The number of nitrogens with one attached hydrogen (secondary N) is 1. The molecule has 0 atom stereocenters. The van der Waals surface area contributed by atoms with Crippen LogP contribution < -0.4 is 5.32 Å². The Morgan fingerprint density at radius 3 is 2.95 bits per heavy atom. The normalized spacial score (nSPS) is 10.3. The second-order valence-corrected chi connectivity index (χ2v) is 4.90. The molecule has 0 aliphatic heterocycles. The van der Waals surface area contributed by atoms with Crippen molar-refractivity contribution in [1.29, 1.82) is 5.26 Å². The Hall–Kier alpha value is -2.72. The van der Waals surface area contributed by atoms with Crippen molar-refractivity contribution in [1.82, 2.24) is 19.9 Å². The second-order valence-electron chi connectivity index (χ2n) is 4.13. The van der Waals surface area contributed by atoms with Crippen molar-refractivity contribution in [3.63, 3.8) is 0 Å². The highest BCUT2D eigenvalue weighted by atomic mass is 32.2. The highest BCUT2D eigenvalue weighted by molar-refractivity contribution is 7.98. The van der Waals surface area contributed by atoms with Gasteiger partial charge in [0.1, 0.15) is 17.4 Å². The molecule has 3 aromatic rings. The number of rotatable bonds is 3. The van der Waals surface area contributed by atoms with E-state index < -0.39 is 0 Å². The van der Waals surface area contributed by atoms with E-state index in [1.54, 1.807) is 18.3 Å². The first kappa shape index (κ1) is 13.3. The zero-order valence-corrected chi connectivity index (χ0v) is 11.9. The Morgan fingerprint density at radius 2 is 2.14 bits per heavy atom. The van der Waals surface area contributed by atoms with Gasteiger partial charge in [0, 0.05) is 5.69 Å². The molecule has 102 valence electrons. The maximum Gasteiger partial charge on any atom is 0.188 e. The summed E-state index contributed by atoms with van der Waals surface area (Å²) in [5.41, 5.74) is 2.68. The number of hydrogen-bond acceptors (Lipinski definition) is 7. The first-order chi connectivity index (χ1) is 10.3. The van der Waals surface area contributed by atoms with Crippen molar-refractivity contribution in [2.24, 2.45) is 0 Å². The molecule has 0 amide bonds. The van der Waals surface area contributed by atoms with Gasteiger partial charge in [0.15, 0.2) is 11.0 Å². The van der Waals surface area contributed by atoms with Crippen molar-refractivity contribution >= 4 is 34.3 Å². The SMILES string of the molecule is CSc1ncc2ncnc(Nc3cccc(C#N)c3)c2n1. The molecule has 0 unspecified atom stereocenters. The zero-order valence-electron chi connectivity index (χ0n) is 11.1. The molecule has 0 aliphatic rings. The average Bonchev–Trinajstić information content (AvgIpc) is 2.55. The lowest BCUT2D eigenvalue weighted by atomic mass is 10.2. The van der Waals surface area contributed by atoms with Crippen LogP contribution in [0.25, 0.3) is 11.0 Å². The van der Waals surface area contributed by atoms with E-state index in [-0.39, 0.29) is 0 Å². The van der Waals surface area contributed by atoms with Crippen LogP contribution >= 0.6 is 11.8 Å². The van der Waals surface area contributed by atoms with Crippen LogP contribution in [0.1, 0.15) is 5.56 Å². The minimum Gasteiger partial charge on any atom is -0.338 e. The molecule has 2 aromatic heterocycles. The lowest BCUT2D eigenvalue weighted by Gasteiger charge is -2.08. The van der Waals surface area contributed by atoms with Crippen molar-refractivity contribution in [2.75, 3.05) is 11.6 Å². The van der Waals surface area contributed by atoms with E-state index in [1.165, 1.54) is 18.1 Å². The number of thioether (sulfide) groups is 1. The van der Waals surface area contributed by atoms with Crippen molar-refractivity contribution < 1.29 is 0 Å². The molecule has 1 N–H and O–H groups in total. The fourth-order valence-electron chi connectivity index (χ4n) is 1.83. The van der Waals surface area contributed by atoms with Gasteiger partial charge < -0.3 is 5.32 Å². The Bertz CT molecular complexity index is 842. The van der Waals surface area contributed by atoms with E-state index in [0.717, 1.165) is 5.69 Å². The van der Waals surface area contributed by atoms with Gasteiger partial charge in [-0.3, -0.25) is 0 Å². The third-order valence-electron chi connectivity index (χ3n) is 2.79. The van der Waals surface area contributed by atoms with Crippen LogP contribution in [-0.4, -0.2) is 26.2 Å². The highest BCUT2D eigenvalue weighted by Crippen LogP contribution is 2.22. The molecule has 0 radical (unpaired) electrons. The van der Waals surface area contributed by atoms with E-state index in [0.29, 0.717) is 27.6 Å². The highest BCUT2D eigenvalue weighted by Gasteiger charge is 2.08. The molecule has 21 heavy (non-hydrogen) atoms. The molecule has 0 aliphatic carbocycles. The summed E-state index contributed by atoms with van der Waals surface area (Å²) >= 11 is 1.46. The summed E-state index contributed by atoms with van der Waals surface area (Å²) in [7, 11) is 0. The molecular formula is C14H10N6S. The average molecular weight is 294 g/mol. The van der Waals surface area contributed by atoms with Gasteiger partial charge in [0.05, 0.1) is 17.8 Å². The van der Waals surface area contributed by atoms with E-state index >= 15 is 0 Å². The molecule has 0 saturated heterocycles. The maximum absolute atomic E-state index is 8.94. The van der Waals surface area contributed by atoms with Gasteiger partial charge in [-0.05, 0) is 24.5 Å². The van der Waals surface area contributed by atoms with Gasteiger partial charge in [-0.1, -0.05) is 17.8 Å². The van der Waals surface area contributed by atoms with Gasteiger partial charge in [-0.25, -0.2) is 19.9 Å². The van der Waals surface area contributed by atoms with Crippen molar-refractivity contribution in [2.45, 2.75) is 5.16 Å². The Labute approximate surface area is 125 Å². The largest absolute Gasteiger partial charge is 0.338 e. The van der Waals surface area contributed by atoms with Crippen LogP contribution in [0.2, 0.25) is 0 Å². The zero-order chi connectivity index (χ0) is 14.7. The molecule has 0 spiro atoms. The third-order valence-corrected chi connectivity index (χ3v) is 3.35. The quantitative estimate of drug-likeness (QED) is 0.587. The summed E-state index contributed by atoms with van der Waals surface area (Å²) in [5, 5.41) is 12.8. The second kappa shape index (κ2) is 5.73.